The number of nitrogens with zero attached hydrogens (tertiary/aromatic N) is 1. The number of carbonyl (C=O) groups is 1. The monoisotopic (exact) mass is 404 g/mol. The third-order valence-electron chi connectivity index (χ3n) is 4.59. The molecule has 1 amide bonds. The average Bonchev–Trinajstić information content (AvgIpc) is 2.57. The maximum atomic E-state index is 13.0. The summed E-state index contributed by atoms with van der Waals surface area (Å²) < 4.78 is 31.6. The van der Waals surface area contributed by atoms with Crippen molar-refractivity contribution in [1.82, 2.24) is 0 Å². The van der Waals surface area contributed by atoms with Crippen molar-refractivity contribution >= 4 is 27.3 Å². The van der Waals surface area contributed by atoms with Crippen LogP contribution in [0.1, 0.15) is 29.2 Å². The topological polar surface area (TPSA) is 75.7 Å². The number of amides is 1. The first-order valence-corrected chi connectivity index (χ1v) is 10.8. The SMILES string of the molecule is COc1ccc(C)cc1N([C@@H](C)C(=O)Nc1c(C)cc(C)cc1C)S(C)(=O)=O. The van der Waals surface area contributed by atoms with Gasteiger partial charge in [0.25, 0.3) is 0 Å². The van der Waals surface area contributed by atoms with E-state index in [1.807, 2.05) is 45.9 Å². The molecule has 0 heterocycles. The van der Waals surface area contributed by atoms with Gasteiger partial charge >= 0.3 is 0 Å². The van der Waals surface area contributed by atoms with Gasteiger partial charge < -0.3 is 10.1 Å². The number of hydrogen-bond acceptors (Lipinski definition) is 4. The van der Waals surface area contributed by atoms with Gasteiger partial charge in [-0.15, -0.1) is 0 Å². The van der Waals surface area contributed by atoms with Gasteiger partial charge in [0.2, 0.25) is 15.9 Å². The fourth-order valence-corrected chi connectivity index (χ4v) is 4.53. The van der Waals surface area contributed by atoms with Crippen molar-refractivity contribution in [2.24, 2.45) is 0 Å². The number of methoxy groups -OCH3 is 1. The van der Waals surface area contributed by atoms with Crippen LogP contribution in [-0.2, 0) is 14.8 Å². The van der Waals surface area contributed by atoms with Crippen LogP contribution in [0.3, 0.4) is 0 Å². The number of anilines is 2. The zero-order valence-corrected chi connectivity index (χ0v) is 18.3. The van der Waals surface area contributed by atoms with E-state index in [9.17, 15) is 13.2 Å². The number of benzene rings is 2. The van der Waals surface area contributed by atoms with Crippen LogP contribution in [0, 0.1) is 27.7 Å². The molecule has 1 N–H and O–H groups in total. The van der Waals surface area contributed by atoms with Crippen LogP contribution in [0.4, 0.5) is 11.4 Å². The van der Waals surface area contributed by atoms with Gasteiger partial charge in [0, 0.05) is 5.69 Å². The van der Waals surface area contributed by atoms with Crippen molar-refractivity contribution in [1.29, 1.82) is 0 Å². The molecule has 1 atom stereocenters. The van der Waals surface area contributed by atoms with Crippen molar-refractivity contribution < 1.29 is 17.9 Å². The molecular formula is C21H28N2O4S. The lowest BCUT2D eigenvalue weighted by Crippen LogP contribution is -2.45. The van der Waals surface area contributed by atoms with Crippen LogP contribution in [0.2, 0.25) is 0 Å². The molecule has 0 bridgehead atoms. The van der Waals surface area contributed by atoms with Crippen molar-refractivity contribution in [3.8, 4) is 5.75 Å². The molecule has 0 aliphatic carbocycles. The van der Waals surface area contributed by atoms with Crippen LogP contribution in [0.25, 0.3) is 0 Å². The van der Waals surface area contributed by atoms with Crippen molar-refractivity contribution in [3.05, 3.63) is 52.6 Å². The molecule has 0 fully saturated rings. The molecule has 2 aromatic rings. The second kappa shape index (κ2) is 8.22. The van der Waals surface area contributed by atoms with E-state index in [4.69, 9.17) is 4.74 Å². The van der Waals surface area contributed by atoms with Gasteiger partial charge in [-0.1, -0.05) is 23.8 Å². The summed E-state index contributed by atoms with van der Waals surface area (Å²) in [5, 5.41) is 2.89. The molecule has 28 heavy (non-hydrogen) atoms. The summed E-state index contributed by atoms with van der Waals surface area (Å²) in [7, 11) is -2.27. The Kier molecular flexibility index (Phi) is 6.39. The number of carbonyl (C=O) groups excluding carboxylic acids is 1. The average molecular weight is 405 g/mol. The molecule has 152 valence electrons. The molecule has 6 nitrogen and oxygen atoms in total. The Hall–Kier alpha value is -2.54. The standard InChI is InChI=1S/C21H28N2O4S/c1-13-8-9-19(27-6)18(12-13)23(28(7,25)26)17(5)21(24)22-20-15(3)10-14(2)11-16(20)4/h8-12,17H,1-7H3,(H,22,24)/t17-/m0/s1. The molecular weight excluding hydrogens is 376 g/mol. The third kappa shape index (κ3) is 4.65. The smallest absolute Gasteiger partial charge is 0.248 e. The molecule has 7 heteroatoms. The number of ether oxygens (including phenoxy) is 1. The highest BCUT2D eigenvalue weighted by Crippen LogP contribution is 2.33. The number of hydrogen-bond donors (Lipinski definition) is 1. The van der Waals surface area contributed by atoms with Gasteiger partial charge in [0.15, 0.2) is 0 Å². The first-order valence-electron chi connectivity index (χ1n) is 8.98. The summed E-state index contributed by atoms with van der Waals surface area (Å²) in [6.07, 6.45) is 1.08. The summed E-state index contributed by atoms with van der Waals surface area (Å²) in [6, 6.07) is 8.21. The fourth-order valence-electron chi connectivity index (χ4n) is 3.36. The summed E-state index contributed by atoms with van der Waals surface area (Å²) in [6.45, 7) is 9.24. The number of rotatable bonds is 6. The minimum absolute atomic E-state index is 0.338. The van der Waals surface area contributed by atoms with Gasteiger partial charge in [-0.05, 0) is 63.4 Å². The van der Waals surface area contributed by atoms with Crippen LogP contribution in [-0.4, -0.2) is 33.7 Å². The summed E-state index contributed by atoms with van der Waals surface area (Å²) in [5.74, 6) is -0.0255. The Bertz CT molecular complexity index is 976. The zero-order chi connectivity index (χ0) is 21.2. The van der Waals surface area contributed by atoms with Gasteiger partial charge in [0.1, 0.15) is 11.8 Å². The van der Waals surface area contributed by atoms with Gasteiger partial charge in [-0.2, -0.15) is 0 Å². The first kappa shape index (κ1) is 21.8. The molecule has 0 aliphatic rings. The van der Waals surface area contributed by atoms with Crippen LogP contribution in [0.5, 0.6) is 5.75 Å². The van der Waals surface area contributed by atoms with E-state index in [0.29, 0.717) is 17.1 Å². The summed E-state index contributed by atoms with van der Waals surface area (Å²) in [5.41, 5.74) is 4.86. The van der Waals surface area contributed by atoms with Crippen molar-refractivity contribution in [2.45, 2.75) is 40.7 Å². The van der Waals surface area contributed by atoms with E-state index < -0.39 is 22.0 Å². The first-order chi connectivity index (χ1) is 13.0. The second-order valence-corrected chi connectivity index (χ2v) is 9.03. The van der Waals surface area contributed by atoms with E-state index in [2.05, 4.69) is 5.32 Å². The molecule has 2 rings (SSSR count). The second-order valence-electron chi connectivity index (χ2n) is 7.17. The highest BCUT2D eigenvalue weighted by atomic mass is 32.2. The molecule has 0 spiro atoms. The van der Waals surface area contributed by atoms with Crippen LogP contribution < -0.4 is 14.4 Å². The van der Waals surface area contributed by atoms with Gasteiger partial charge in [-0.3, -0.25) is 9.10 Å². The predicted octanol–water partition coefficient (Wildman–Crippen LogP) is 3.72. The quantitative estimate of drug-likeness (QED) is 0.796. The molecule has 0 radical (unpaired) electrons. The molecule has 0 aromatic heterocycles. The van der Waals surface area contributed by atoms with Crippen molar-refractivity contribution in [3.63, 3.8) is 0 Å². The molecule has 0 saturated heterocycles. The largest absolute Gasteiger partial charge is 0.495 e. The third-order valence-corrected chi connectivity index (χ3v) is 5.81. The normalized spacial score (nSPS) is 12.4. The Labute approximate surface area is 167 Å². The fraction of sp³-hybridized carbons (Fsp3) is 0.381. The van der Waals surface area contributed by atoms with Crippen molar-refractivity contribution in [2.75, 3.05) is 23.0 Å². The van der Waals surface area contributed by atoms with E-state index in [1.54, 1.807) is 19.1 Å². The maximum Gasteiger partial charge on any atom is 0.248 e. The molecule has 0 saturated carbocycles. The number of nitrogens with one attached hydrogen (secondary N) is 1. The lowest BCUT2D eigenvalue weighted by atomic mass is 10.0. The Morgan fingerprint density at radius 2 is 1.61 bits per heavy atom. The lowest BCUT2D eigenvalue weighted by Gasteiger charge is -2.30. The number of aryl methyl sites for hydroxylation is 4. The number of sulfonamides is 1. The van der Waals surface area contributed by atoms with Crippen LogP contribution in [0.15, 0.2) is 30.3 Å². The van der Waals surface area contributed by atoms with E-state index >= 15 is 0 Å². The van der Waals surface area contributed by atoms with E-state index in [-0.39, 0.29) is 0 Å². The molecule has 2 aromatic carbocycles. The van der Waals surface area contributed by atoms with Crippen LogP contribution >= 0.6 is 0 Å². The minimum atomic E-state index is -3.74. The summed E-state index contributed by atoms with van der Waals surface area (Å²) >= 11 is 0. The zero-order valence-electron chi connectivity index (χ0n) is 17.5. The van der Waals surface area contributed by atoms with Gasteiger partial charge in [0.05, 0.1) is 19.1 Å². The Morgan fingerprint density at radius 1 is 1.04 bits per heavy atom. The van der Waals surface area contributed by atoms with Gasteiger partial charge in [-0.25, -0.2) is 8.42 Å². The maximum absolute atomic E-state index is 13.0. The molecule has 0 aliphatic heterocycles. The summed E-state index contributed by atoms with van der Waals surface area (Å²) in [4.78, 5) is 13.0. The lowest BCUT2D eigenvalue weighted by molar-refractivity contribution is -0.116. The Balaban J connectivity index is 2.46. The van der Waals surface area contributed by atoms with E-state index in [0.717, 1.165) is 32.8 Å². The highest BCUT2D eigenvalue weighted by Gasteiger charge is 2.31. The van der Waals surface area contributed by atoms with E-state index in [1.165, 1.54) is 7.11 Å². The molecule has 0 unspecified atom stereocenters. The minimum Gasteiger partial charge on any atom is -0.495 e. The highest BCUT2D eigenvalue weighted by molar-refractivity contribution is 7.92. The predicted molar refractivity (Wildman–Crippen MR) is 114 cm³/mol. The Morgan fingerprint density at radius 3 is 2.11 bits per heavy atom.